The Hall–Kier alpha value is -3.99. The number of amides is 3. The average Bonchev–Trinajstić information content (AvgIpc) is 3.51. The maximum atomic E-state index is 13.6. The number of esters is 2. The molecule has 1 aromatic rings. The van der Waals surface area contributed by atoms with Crippen molar-refractivity contribution in [3.05, 3.63) is 28.3 Å². The number of hydrogen-bond donors (Lipinski definition) is 2. The first-order valence-corrected chi connectivity index (χ1v) is 14.6. The number of alkyl halides is 1. The van der Waals surface area contributed by atoms with E-state index < -0.39 is 54.1 Å². The second-order valence-electron chi connectivity index (χ2n) is 10.4. The predicted molar refractivity (Wildman–Crippen MR) is 150 cm³/mol. The Labute approximate surface area is 248 Å². The zero-order valence-electron chi connectivity index (χ0n) is 22.9. The number of rotatable bonds is 9. The molecule has 4 heterocycles. The number of fused-ring (bicyclic) bond motifs is 1. The van der Waals surface area contributed by atoms with Crippen LogP contribution in [0.1, 0.15) is 27.2 Å². The van der Waals surface area contributed by atoms with E-state index in [-0.39, 0.29) is 34.9 Å². The summed E-state index contributed by atoms with van der Waals surface area (Å²) in [5, 5.41) is 12.5. The first-order chi connectivity index (χ1) is 19.9. The largest absolute Gasteiger partial charge is 0.427 e. The van der Waals surface area contributed by atoms with Gasteiger partial charge in [-0.1, -0.05) is 5.16 Å². The number of nitrogens with two attached hydrogens (primary N) is 1. The Kier molecular flexibility index (Phi) is 9.20. The van der Waals surface area contributed by atoms with Crippen molar-refractivity contribution >= 4 is 69.9 Å². The topological polar surface area (TPSA) is 185 Å². The number of oxime groups is 1. The van der Waals surface area contributed by atoms with E-state index in [2.05, 4.69) is 10.1 Å². The third-order valence-electron chi connectivity index (χ3n) is 6.51. The van der Waals surface area contributed by atoms with Gasteiger partial charge in [-0.25, -0.2) is 14.2 Å². The van der Waals surface area contributed by atoms with Gasteiger partial charge in [-0.3, -0.25) is 29.0 Å². The number of anilines is 2. The maximum Gasteiger partial charge on any atom is 0.358 e. The fourth-order valence-electron chi connectivity index (χ4n) is 4.47. The van der Waals surface area contributed by atoms with Crippen molar-refractivity contribution in [2.24, 2.45) is 10.6 Å². The van der Waals surface area contributed by atoms with E-state index >= 15 is 0 Å². The van der Waals surface area contributed by atoms with Gasteiger partial charge in [0.1, 0.15) is 35.8 Å². The molecule has 3 N–H and O–H groups in total. The summed E-state index contributed by atoms with van der Waals surface area (Å²) in [6.07, 6.45) is 2.41. The van der Waals surface area contributed by atoms with Crippen LogP contribution in [-0.4, -0.2) is 99.6 Å². The van der Waals surface area contributed by atoms with Gasteiger partial charge in [0.2, 0.25) is 12.7 Å². The Morgan fingerprint density at radius 2 is 2.05 bits per heavy atom. The van der Waals surface area contributed by atoms with Crippen LogP contribution in [0.4, 0.5) is 15.3 Å². The molecule has 17 heteroatoms. The van der Waals surface area contributed by atoms with Crippen molar-refractivity contribution in [2.75, 3.05) is 42.9 Å². The van der Waals surface area contributed by atoms with E-state index in [1.54, 1.807) is 20.8 Å². The van der Waals surface area contributed by atoms with E-state index in [0.717, 1.165) is 21.1 Å². The van der Waals surface area contributed by atoms with Gasteiger partial charge in [0, 0.05) is 29.8 Å². The number of aromatic nitrogens is 1. The number of nitrogens with zero attached hydrogens (tertiary/aromatic N) is 5. The van der Waals surface area contributed by atoms with Gasteiger partial charge >= 0.3 is 11.9 Å². The molecule has 3 amide bonds. The number of thiazole rings is 1. The second-order valence-corrected chi connectivity index (χ2v) is 12.4. The molecule has 0 bridgehead atoms. The van der Waals surface area contributed by atoms with Crippen LogP contribution >= 0.6 is 23.1 Å². The van der Waals surface area contributed by atoms with Crippen molar-refractivity contribution in [2.45, 2.75) is 38.6 Å². The number of β-lactam (4-membered cyclic amide) rings is 1. The van der Waals surface area contributed by atoms with E-state index in [1.165, 1.54) is 28.1 Å². The molecule has 14 nitrogen and oxygen atoms in total. The molecule has 0 aromatic carbocycles. The van der Waals surface area contributed by atoms with Crippen molar-refractivity contribution in [3.8, 4) is 0 Å². The summed E-state index contributed by atoms with van der Waals surface area (Å²) in [6.45, 7) is 3.71. The Morgan fingerprint density at radius 3 is 2.67 bits per heavy atom. The highest BCUT2D eigenvalue weighted by Gasteiger charge is 2.58. The Balaban J connectivity index is 1.67. The lowest BCUT2D eigenvalue weighted by Gasteiger charge is -2.52. The third kappa shape index (κ3) is 6.11. The zero-order chi connectivity index (χ0) is 30.8. The molecule has 2 fully saturated rings. The number of allylic oxidation sites excluding steroid dienone is 1. The van der Waals surface area contributed by atoms with E-state index in [4.69, 9.17) is 20.4 Å². The molecular formula is C25H29FN6O8S2. The molecule has 3 aliphatic heterocycles. The van der Waals surface area contributed by atoms with E-state index in [9.17, 15) is 28.4 Å². The smallest absolute Gasteiger partial charge is 0.358 e. The van der Waals surface area contributed by atoms with Gasteiger partial charge in [-0.2, -0.15) is 0 Å². The van der Waals surface area contributed by atoms with Crippen LogP contribution in [0.3, 0.4) is 0 Å². The van der Waals surface area contributed by atoms with E-state index in [1.807, 2.05) is 0 Å². The summed E-state index contributed by atoms with van der Waals surface area (Å²) in [4.78, 5) is 72.4. The fourth-order valence-corrected chi connectivity index (χ4v) is 6.36. The number of likely N-dealkylation sites (tertiary alicyclic amines) is 1. The summed E-state index contributed by atoms with van der Waals surface area (Å²) in [6, 6.07) is -1.15. The molecule has 4 rings (SSSR count). The van der Waals surface area contributed by atoms with Crippen LogP contribution in [0.15, 0.2) is 33.5 Å². The number of carbonyl (C=O) groups is 5. The van der Waals surface area contributed by atoms with Gasteiger partial charge in [0.15, 0.2) is 5.13 Å². The summed E-state index contributed by atoms with van der Waals surface area (Å²) in [5.41, 5.74) is 5.33. The highest BCUT2D eigenvalue weighted by Crippen LogP contribution is 2.44. The van der Waals surface area contributed by atoms with Crippen LogP contribution in [0.5, 0.6) is 0 Å². The number of ether oxygens (including phenoxy) is 2. The zero-order valence-corrected chi connectivity index (χ0v) is 24.6. The number of nitrogen functional groups attached to an aromatic ring is 1. The van der Waals surface area contributed by atoms with Crippen molar-refractivity contribution in [3.63, 3.8) is 0 Å². The summed E-state index contributed by atoms with van der Waals surface area (Å²) >= 11 is 2.25. The van der Waals surface area contributed by atoms with Crippen molar-refractivity contribution in [1.82, 2.24) is 14.8 Å². The Bertz CT molecular complexity index is 1390. The number of carbonyl (C=O) groups excluding carboxylic acids is 5. The lowest BCUT2D eigenvalue weighted by molar-refractivity contribution is -0.173. The van der Waals surface area contributed by atoms with Gasteiger partial charge < -0.3 is 25.3 Å². The molecule has 0 unspecified atom stereocenters. The molecule has 1 aromatic heterocycles. The number of thioether (sulfide) groups is 1. The molecule has 0 spiro atoms. The number of halogens is 1. The van der Waals surface area contributed by atoms with Crippen LogP contribution in [0.2, 0.25) is 0 Å². The quantitative estimate of drug-likeness (QED) is 0.0767. The van der Waals surface area contributed by atoms with Crippen LogP contribution < -0.4 is 10.6 Å². The molecule has 2 atom stereocenters. The van der Waals surface area contributed by atoms with Crippen molar-refractivity contribution in [1.29, 1.82) is 0 Å². The summed E-state index contributed by atoms with van der Waals surface area (Å²) in [5.74, 6) is -3.32. The minimum Gasteiger partial charge on any atom is -0.427 e. The summed E-state index contributed by atoms with van der Waals surface area (Å²) in [7, 11) is 0. The van der Waals surface area contributed by atoms with Crippen LogP contribution in [0.25, 0.3) is 0 Å². The molecule has 42 heavy (non-hydrogen) atoms. The highest BCUT2D eigenvalue weighted by molar-refractivity contribution is 8.00. The molecular weight excluding hydrogens is 595 g/mol. The molecule has 0 radical (unpaired) electrons. The van der Waals surface area contributed by atoms with Gasteiger partial charge in [0.25, 0.3) is 11.8 Å². The minimum absolute atomic E-state index is 0.0561. The molecule has 3 aliphatic rings. The molecule has 2 saturated heterocycles. The summed E-state index contributed by atoms with van der Waals surface area (Å²) < 4.78 is 23.1. The predicted octanol–water partition coefficient (Wildman–Crippen LogP) is 1.27. The first kappa shape index (κ1) is 31.0. The lowest BCUT2D eigenvalue weighted by Crippen LogP contribution is -2.72. The van der Waals surface area contributed by atoms with Gasteiger partial charge in [-0.05, 0) is 38.8 Å². The minimum atomic E-state index is -1.15. The maximum absolute atomic E-state index is 13.6. The average molecular weight is 625 g/mol. The number of hydrogen-bond acceptors (Lipinski definition) is 13. The highest BCUT2D eigenvalue weighted by atomic mass is 32.2. The fraction of sp³-hybridized carbons (Fsp3) is 0.480. The molecule has 226 valence electrons. The standard InChI is InChI=1S/C25H29FN6O8S2/c1-25(2,3)23(37)40-12-39-22(36)17-14(8-13-4-6-30(7-5-26)19(13)34)10-41-21-18(20(35)32(17)21)31(16(33)9-28-38)15-11-42-24(27)29-15/h8-9,11,18,21,38H,4-7,10,12H2,1-3H3,(H2,27,29)/b13-8+,28-9-/t18-,21-/m1/s1. The van der Waals surface area contributed by atoms with Crippen molar-refractivity contribution < 1.29 is 43.0 Å². The lowest BCUT2D eigenvalue weighted by atomic mass is 9.98. The Morgan fingerprint density at radius 1 is 1.31 bits per heavy atom. The van der Waals surface area contributed by atoms with Gasteiger partial charge in [-0.15, -0.1) is 23.1 Å². The molecule has 0 saturated carbocycles. The third-order valence-corrected chi connectivity index (χ3v) is 8.46. The second kappa shape index (κ2) is 12.5. The van der Waals surface area contributed by atoms with E-state index in [0.29, 0.717) is 30.3 Å². The van der Waals surface area contributed by atoms with Gasteiger partial charge in [0.05, 0.1) is 5.41 Å². The monoisotopic (exact) mass is 624 g/mol. The first-order valence-electron chi connectivity index (χ1n) is 12.7. The van der Waals surface area contributed by atoms with Crippen LogP contribution in [0, 0.1) is 5.41 Å². The SMILES string of the molecule is CC(C)(C)C(=O)OCOC(=O)C1=C(/C=C2\CCN(CCF)C2=O)CS[C@@H]2[C@H](N(C(=O)/C=N\O)c3csc(N)n3)C(=O)N12. The van der Waals surface area contributed by atoms with Crippen LogP contribution in [-0.2, 0) is 33.4 Å². The molecule has 0 aliphatic carbocycles. The normalized spacial score (nSPS) is 21.6.